The van der Waals surface area contributed by atoms with Crippen LogP contribution in [0.2, 0.25) is 0 Å². The van der Waals surface area contributed by atoms with Crippen LogP contribution in [0, 0.1) is 17.1 Å². The van der Waals surface area contributed by atoms with Gasteiger partial charge in [-0.15, -0.1) is 0 Å². The first-order valence-corrected chi connectivity index (χ1v) is 5.78. The van der Waals surface area contributed by atoms with E-state index in [9.17, 15) is 9.18 Å². The minimum Gasteiger partial charge on any atom is -0.467 e. The minimum absolute atomic E-state index is 0.186. The van der Waals surface area contributed by atoms with Crippen molar-refractivity contribution in [2.24, 2.45) is 0 Å². The van der Waals surface area contributed by atoms with E-state index in [1.54, 1.807) is 11.0 Å². The van der Waals surface area contributed by atoms with Gasteiger partial charge in [0.1, 0.15) is 5.82 Å². The third-order valence-corrected chi connectivity index (χ3v) is 2.95. The van der Waals surface area contributed by atoms with E-state index in [0.717, 1.165) is 6.07 Å². The number of benzene rings is 1. The standard InChI is InChI=1S/C13H13FN2O3/c1-18-13(17)12-8-19-3-2-16(12)11-5-9(7-15)4-10(14)6-11/h4-6,12H,2-3,8H2,1H3. The van der Waals surface area contributed by atoms with Gasteiger partial charge in [0.25, 0.3) is 0 Å². The molecule has 100 valence electrons. The predicted molar refractivity (Wildman–Crippen MR) is 65.1 cm³/mol. The summed E-state index contributed by atoms with van der Waals surface area (Å²) < 4.78 is 23.4. The number of methoxy groups -OCH3 is 1. The van der Waals surface area contributed by atoms with E-state index < -0.39 is 17.8 Å². The Kier molecular flexibility index (Phi) is 3.97. The molecular formula is C13H13FN2O3. The molecule has 6 heteroatoms. The molecule has 0 saturated carbocycles. The van der Waals surface area contributed by atoms with Crippen LogP contribution >= 0.6 is 0 Å². The molecular weight excluding hydrogens is 251 g/mol. The van der Waals surface area contributed by atoms with Crippen LogP contribution < -0.4 is 4.90 Å². The monoisotopic (exact) mass is 264 g/mol. The van der Waals surface area contributed by atoms with Crippen LogP contribution in [-0.2, 0) is 14.3 Å². The summed E-state index contributed by atoms with van der Waals surface area (Å²) in [5.41, 5.74) is 0.695. The lowest BCUT2D eigenvalue weighted by Crippen LogP contribution is -2.50. The Labute approximate surface area is 110 Å². The Morgan fingerprint density at radius 2 is 2.37 bits per heavy atom. The molecule has 1 aliphatic rings. The molecule has 1 heterocycles. The highest BCUT2D eigenvalue weighted by Crippen LogP contribution is 2.23. The molecule has 1 aromatic rings. The lowest BCUT2D eigenvalue weighted by atomic mass is 10.1. The van der Waals surface area contributed by atoms with E-state index in [1.807, 2.05) is 6.07 Å². The molecule has 1 atom stereocenters. The summed E-state index contributed by atoms with van der Waals surface area (Å²) in [6.07, 6.45) is 0. The SMILES string of the molecule is COC(=O)C1COCCN1c1cc(F)cc(C#N)c1. The van der Waals surface area contributed by atoms with E-state index in [4.69, 9.17) is 14.7 Å². The molecule has 0 radical (unpaired) electrons. The molecule has 5 nitrogen and oxygen atoms in total. The van der Waals surface area contributed by atoms with Crippen molar-refractivity contribution in [3.8, 4) is 6.07 Å². The molecule has 0 amide bonds. The number of carbonyl (C=O) groups excluding carboxylic acids is 1. The number of ether oxygens (including phenoxy) is 2. The van der Waals surface area contributed by atoms with Crippen molar-refractivity contribution >= 4 is 11.7 Å². The van der Waals surface area contributed by atoms with Gasteiger partial charge in [-0.05, 0) is 18.2 Å². The van der Waals surface area contributed by atoms with Crippen LogP contribution in [0.25, 0.3) is 0 Å². The Balaban J connectivity index is 2.35. The second kappa shape index (κ2) is 5.67. The molecule has 0 bridgehead atoms. The number of rotatable bonds is 2. The maximum absolute atomic E-state index is 13.5. The van der Waals surface area contributed by atoms with Crippen molar-refractivity contribution in [2.75, 3.05) is 31.8 Å². The van der Waals surface area contributed by atoms with Gasteiger partial charge >= 0.3 is 5.97 Å². The van der Waals surface area contributed by atoms with E-state index in [0.29, 0.717) is 18.8 Å². The molecule has 1 unspecified atom stereocenters. The van der Waals surface area contributed by atoms with E-state index in [1.165, 1.54) is 13.2 Å². The number of nitriles is 1. The van der Waals surface area contributed by atoms with Crippen LogP contribution in [0.3, 0.4) is 0 Å². The highest BCUT2D eigenvalue weighted by Gasteiger charge is 2.30. The Hall–Kier alpha value is -2.13. The highest BCUT2D eigenvalue weighted by molar-refractivity contribution is 5.80. The number of halogens is 1. The number of hydrogen-bond donors (Lipinski definition) is 0. The first kappa shape index (κ1) is 13.3. The van der Waals surface area contributed by atoms with E-state index in [-0.39, 0.29) is 12.2 Å². The molecule has 19 heavy (non-hydrogen) atoms. The zero-order valence-corrected chi connectivity index (χ0v) is 10.4. The molecule has 1 aliphatic heterocycles. The average Bonchev–Trinajstić information content (AvgIpc) is 2.45. The molecule has 1 saturated heterocycles. The number of esters is 1. The predicted octanol–water partition coefficient (Wildman–Crippen LogP) is 1.08. The van der Waals surface area contributed by atoms with Crippen molar-refractivity contribution < 1.29 is 18.7 Å². The fraction of sp³-hybridized carbons (Fsp3) is 0.385. The second-order valence-electron chi connectivity index (χ2n) is 4.12. The molecule has 0 aliphatic carbocycles. The fourth-order valence-corrected chi connectivity index (χ4v) is 2.05. The quantitative estimate of drug-likeness (QED) is 0.748. The zero-order chi connectivity index (χ0) is 13.8. The van der Waals surface area contributed by atoms with Crippen LogP contribution in [0.4, 0.5) is 10.1 Å². The second-order valence-corrected chi connectivity index (χ2v) is 4.12. The smallest absolute Gasteiger partial charge is 0.330 e. The molecule has 0 aromatic heterocycles. The number of morpholine rings is 1. The van der Waals surface area contributed by atoms with Gasteiger partial charge in [0.05, 0.1) is 32.0 Å². The van der Waals surface area contributed by atoms with Crippen molar-refractivity contribution in [2.45, 2.75) is 6.04 Å². The van der Waals surface area contributed by atoms with Gasteiger partial charge in [0, 0.05) is 12.2 Å². The maximum Gasteiger partial charge on any atom is 0.330 e. The summed E-state index contributed by atoms with van der Waals surface area (Å²) in [5.74, 6) is -0.952. The van der Waals surface area contributed by atoms with Crippen LogP contribution in [0.1, 0.15) is 5.56 Å². The molecule has 2 rings (SSSR count). The fourth-order valence-electron chi connectivity index (χ4n) is 2.05. The van der Waals surface area contributed by atoms with Gasteiger partial charge in [-0.2, -0.15) is 5.26 Å². The topological polar surface area (TPSA) is 62.6 Å². The summed E-state index contributed by atoms with van der Waals surface area (Å²) in [7, 11) is 1.29. The maximum atomic E-state index is 13.5. The summed E-state index contributed by atoms with van der Waals surface area (Å²) in [4.78, 5) is 13.4. The third-order valence-electron chi connectivity index (χ3n) is 2.95. The first-order chi connectivity index (χ1) is 9.15. The molecule has 0 N–H and O–H groups in total. The van der Waals surface area contributed by atoms with Crippen molar-refractivity contribution in [1.82, 2.24) is 0 Å². The zero-order valence-electron chi connectivity index (χ0n) is 10.4. The van der Waals surface area contributed by atoms with E-state index in [2.05, 4.69) is 0 Å². The number of anilines is 1. The summed E-state index contributed by atoms with van der Waals surface area (Å²) >= 11 is 0. The molecule has 0 spiro atoms. The minimum atomic E-state index is -0.618. The Morgan fingerprint density at radius 3 is 3.05 bits per heavy atom. The number of carbonyl (C=O) groups is 1. The van der Waals surface area contributed by atoms with Crippen molar-refractivity contribution in [3.63, 3.8) is 0 Å². The molecule has 1 aromatic carbocycles. The largest absolute Gasteiger partial charge is 0.467 e. The van der Waals surface area contributed by atoms with Gasteiger partial charge in [-0.3, -0.25) is 0 Å². The van der Waals surface area contributed by atoms with Gasteiger partial charge in [0.15, 0.2) is 6.04 Å². The molecule has 1 fully saturated rings. The Bertz CT molecular complexity index is 527. The first-order valence-electron chi connectivity index (χ1n) is 5.78. The Morgan fingerprint density at radius 1 is 1.58 bits per heavy atom. The van der Waals surface area contributed by atoms with Crippen molar-refractivity contribution in [3.05, 3.63) is 29.6 Å². The van der Waals surface area contributed by atoms with Gasteiger partial charge in [-0.1, -0.05) is 0 Å². The highest BCUT2D eigenvalue weighted by atomic mass is 19.1. The van der Waals surface area contributed by atoms with Gasteiger partial charge < -0.3 is 14.4 Å². The lowest BCUT2D eigenvalue weighted by Gasteiger charge is -2.35. The average molecular weight is 264 g/mol. The lowest BCUT2D eigenvalue weighted by molar-refractivity contribution is -0.144. The van der Waals surface area contributed by atoms with Crippen LogP contribution in [-0.4, -0.2) is 38.9 Å². The van der Waals surface area contributed by atoms with Gasteiger partial charge in [-0.25, -0.2) is 9.18 Å². The summed E-state index contributed by atoms with van der Waals surface area (Å²) in [5, 5.41) is 8.85. The van der Waals surface area contributed by atoms with Crippen LogP contribution in [0.5, 0.6) is 0 Å². The number of hydrogen-bond acceptors (Lipinski definition) is 5. The summed E-state index contributed by atoms with van der Waals surface area (Å²) in [6, 6.07) is 5.26. The van der Waals surface area contributed by atoms with E-state index >= 15 is 0 Å². The third kappa shape index (κ3) is 2.83. The van der Waals surface area contributed by atoms with Gasteiger partial charge in [0.2, 0.25) is 0 Å². The summed E-state index contributed by atoms with van der Waals surface area (Å²) in [6.45, 7) is 1.06. The number of nitrogens with zero attached hydrogens (tertiary/aromatic N) is 2. The van der Waals surface area contributed by atoms with Crippen molar-refractivity contribution in [1.29, 1.82) is 5.26 Å². The van der Waals surface area contributed by atoms with Crippen LogP contribution in [0.15, 0.2) is 18.2 Å². The normalized spacial score (nSPS) is 18.8.